The molecule has 1 aromatic heterocycles. The van der Waals surface area contributed by atoms with Crippen molar-refractivity contribution in [3.05, 3.63) is 42.1 Å². The Morgan fingerprint density at radius 2 is 2.15 bits per heavy atom. The van der Waals surface area contributed by atoms with Crippen molar-refractivity contribution >= 4 is 22.8 Å². The van der Waals surface area contributed by atoms with Gasteiger partial charge in [-0.25, -0.2) is 4.79 Å². The Labute approximate surface area is 116 Å². The van der Waals surface area contributed by atoms with Gasteiger partial charge in [0.15, 0.2) is 0 Å². The summed E-state index contributed by atoms with van der Waals surface area (Å²) in [5.74, 6) is -1.11. The van der Waals surface area contributed by atoms with Gasteiger partial charge < -0.3 is 14.4 Å². The average molecular weight is 273 g/mol. The molecule has 0 unspecified atom stereocenters. The normalized spacial score (nSPS) is 10.5. The molecule has 20 heavy (non-hydrogen) atoms. The Bertz CT molecular complexity index is 712. The number of nitrogens with zero attached hydrogens (tertiary/aromatic N) is 1. The predicted octanol–water partition coefficient (Wildman–Crippen LogP) is 2.76. The van der Waals surface area contributed by atoms with Crippen LogP contribution in [0.2, 0.25) is 0 Å². The number of hydrogen-bond donors (Lipinski definition) is 1. The molecule has 0 atom stereocenters. The summed E-state index contributed by atoms with van der Waals surface area (Å²) in [6, 6.07) is 4.97. The fourth-order valence-corrected chi connectivity index (χ4v) is 2.33. The van der Waals surface area contributed by atoms with E-state index in [-0.39, 0.29) is 5.56 Å². The van der Waals surface area contributed by atoms with E-state index in [0.29, 0.717) is 23.4 Å². The number of carboxylic acids is 1. The average Bonchev–Trinajstić information content (AvgIpc) is 2.61. The van der Waals surface area contributed by atoms with Crippen molar-refractivity contribution in [2.75, 3.05) is 0 Å². The van der Waals surface area contributed by atoms with E-state index in [2.05, 4.69) is 6.58 Å². The first-order valence-corrected chi connectivity index (χ1v) is 6.11. The third-order valence-corrected chi connectivity index (χ3v) is 3.08. The lowest BCUT2D eigenvalue weighted by Gasteiger charge is -2.05. The number of aromatic nitrogens is 1. The number of allylic oxidation sites excluding steroid dienone is 1. The lowest BCUT2D eigenvalue weighted by molar-refractivity contribution is -0.131. The van der Waals surface area contributed by atoms with Crippen LogP contribution in [0.5, 0.6) is 5.75 Å². The molecule has 0 aliphatic rings. The highest BCUT2D eigenvalue weighted by Crippen LogP contribution is 2.29. The van der Waals surface area contributed by atoms with Crippen LogP contribution in [0.4, 0.5) is 0 Å². The number of benzene rings is 1. The van der Waals surface area contributed by atoms with E-state index in [9.17, 15) is 14.7 Å². The van der Waals surface area contributed by atoms with Crippen molar-refractivity contribution in [1.82, 2.24) is 4.57 Å². The molecule has 1 aromatic carbocycles. The maximum atomic E-state index is 11.4. The van der Waals surface area contributed by atoms with Crippen LogP contribution in [0.15, 0.2) is 30.9 Å². The van der Waals surface area contributed by atoms with Crippen molar-refractivity contribution in [3.63, 3.8) is 0 Å². The molecule has 0 bridgehead atoms. The van der Waals surface area contributed by atoms with Crippen LogP contribution in [0.3, 0.4) is 0 Å². The fraction of sp³-hybridized carbons (Fsp3) is 0.200. The number of esters is 1. The highest BCUT2D eigenvalue weighted by molar-refractivity contribution is 6.05. The van der Waals surface area contributed by atoms with Gasteiger partial charge in [0.2, 0.25) is 0 Å². The molecule has 5 heteroatoms. The number of rotatable bonds is 4. The summed E-state index contributed by atoms with van der Waals surface area (Å²) in [7, 11) is 0. The summed E-state index contributed by atoms with van der Waals surface area (Å²) in [5, 5.41) is 9.92. The zero-order valence-electron chi connectivity index (χ0n) is 11.3. The highest BCUT2D eigenvalue weighted by Gasteiger charge is 2.19. The van der Waals surface area contributed by atoms with Gasteiger partial charge in [-0.15, -0.1) is 6.58 Å². The monoisotopic (exact) mass is 273 g/mol. The molecule has 2 rings (SSSR count). The predicted molar refractivity (Wildman–Crippen MR) is 75.1 cm³/mol. The molecule has 0 amide bonds. The van der Waals surface area contributed by atoms with Gasteiger partial charge in [0, 0.05) is 30.1 Å². The Morgan fingerprint density at radius 3 is 2.70 bits per heavy atom. The van der Waals surface area contributed by atoms with E-state index in [1.54, 1.807) is 31.2 Å². The Kier molecular flexibility index (Phi) is 3.61. The summed E-state index contributed by atoms with van der Waals surface area (Å²) in [6.45, 7) is 7.24. The SMILES string of the molecule is C=CCn1c(C)c(C(=O)O)c2cc(OC(C)=O)ccc21. The molecule has 0 fully saturated rings. The largest absolute Gasteiger partial charge is 0.478 e. The topological polar surface area (TPSA) is 68.5 Å². The van der Waals surface area contributed by atoms with Crippen molar-refractivity contribution in [3.8, 4) is 5.75 Å². The highest BCUT2D eigenvalue weighted by atomic mass is 16.5. The lowest BCUT2D eigenvalue weighted by atomic mass is 10.1. The number of hydrogen-bond acceptors (Lipinski definition) is 3. The number of carbonyl (C=O) groups excluding carboxylic acids is 1. The van der Waals surface area contributed by atoms with Crippen molar-refractivity contribution in [1.29, 1.82) is 0 Å². The van der Waals surface area contributed by atoms with E-state index in [0.717, 1.165) is 5.52 Å². The van der Waals surface area contributed by atoms with Crippen LogP contribution in [0, 0.1) is 6.92 Å². The molecule has 0 spiro atoms. The molecule has 1 heterocycles. The molecule has 5 nitrogen and oxygen atoms in total. The number of aromatic carboxylic acids is 1. The van der Waals surface area contributed by atoms with E-state index in [4.69, 9.17) is 4.74 Å². The third-order valence-electron chi connectivity index (χ3n) is 3.08. The zero-order chi connectivity index (χ0) is 14.9. The fourth-order valence-electron chi connectivity index (χ4n) is 2.33. The van der Waals surface area contributed by atoms with Gasteiger partial charge in [-0.2, -0.15) is 0 Å². The second-order valence-corrected chi connectivity index (χ2v) is 4.44. The third kappa shape index (κ3) is 2.30. The van der Waals surface area contributed by atoms with E-state index in [1.807, 2.05) is 4.57 Å². The second kappa shape index (κ2) is 5.21. The lowest BCUT2D eigenvalue weighted by Crippen LogP contribution is -2.02. The van der Waals surface area contributed by atoms with Crippen LogP contribution in [0.1, 0.15) is 23.0 Å². The van der Waals surface area contributed by atoms with Gasteiger partial charge in [0.1, 0.15) is 5.75 Å². The molecule has 0 aliphatic heterocycles. The van der Waals surface area contributed by atoms with E-state index in [1.165, 1.54) is 6.92 Å². The summed E-state index contributed by atoms with van der Waals surface area (Å²) in [5.41, 5.74) is 1.64. The van der Waals surface area contributed by atoms with Gasteiger partial charge in [-0.05, 0) is 25.1 Å². The van der Waals surface area contributed by atoms with Crippen molar-refractivity contribution < 1.29 is 19.4 Å². The van der Waals surface area contributed by atoms with Crippen LogP contribution < -0.4 is 4.74 Å². The minimum absolute atomic E-state index is 0.218. The number of carbonyl (C=O) groups is 2. The minimum atomic E-state index is -1.00. The van der Waals surface area contributed by atoms with E-state index >= 15 is 0 Å². The Hall–Kier alpha value is -2.56. The Balaban J connectivity index is 2.72. The van der Waals surface area contributed by atoms with E-state index < -0.39 is 11.9 Å². The molecule has 104 valence electrons. The quantitative estimate of drug-likeness (QED) is 0.528. The van der Waals surface area contributed by atoms with Crippen LogP contribution >= 0.6 is 0 Å². The second-order valence-electron chi connectivity index (χ2n) is 4.44. The first-order chi connectivity index (χ1) is 9.45. The minimum Gasteiger partial charge on any atom is -0.478 e. The molecule has 0 radical (unpaired) electrons. The van der Waals surface area contributed by atoms with Gasteiger partial charge in [0.05, 0.1) is 5.56 Å². The molecular formula is C15H15NO4. The summed E-state index contributed by atoms with van der Waals surface area (Å²) in [6.07, 6.45) is 1.71. The number of fused-ring (bicyclic) bond motifs is 1. The Morgan fingerprint density at radius 1 is 1.45 bits per heavy atom. The van der Waals surface area contributed by atoms with Crippen LogP contribution in [-0.2, 0) is 11.3 Å². The molecule has 0 saturated carbocycles. The smallest absolute Gasteiger partial charge is 0.338 e. The van der Waals surface area contributed by atoms with Crippen LogP contribution in [-0.4, -0.2) is 21.6 Å². The summed E-state index contributed by atoms with van der Waals surface area (Å²) < 4.78 is 6.87. The van der Waals surface area contributed by atoms with Crippen molar-refractivity contribution in [2.45, 2.75) is 20.4 Å². The number of ether oxygens (including phenoxy) is 1. The number of carboxylic acid groups (broad SMARTS) is 1. The maximum absolute atomic E-state index is 11.4. The molecule has 1 N–H and O–H groups in total. The molecule has 2 aromatic rings. The maximum Gasteiger partial charge on any atom is 0.338 e. The van der Waals surface area contributed by atoms with Gasteiger partial charge in [0.25, 0.3) is 0 Å². The first kappa shape index (κ1) is 13.9. The molecule has 0 saturated heterocycles. The molecular weight excluding hydrogens is 258 g/mol. The zero-order valence-corrected chi connectivity index (χ0v) is 11.3. The van der Waals surface area contributed by atoms with Gasteiger partial charge in [-0.1, -0.05) is 6.08 Å². The van der Waals surface area contributed by atoms with Crippen molar-refractivity contribution in [2.24, 2.45) is 0 Å². The first-order valence-electron chi connectivity index (χ1n) is 6.11. The standard InChI is InChI=1S/C15H15NO4/c1-4-7-16-9(2)14(15(18)19)12-8-11(20-10(3)17)5-6-13(12)16/h4-6,8H,1,7H2,2-3H3,(H,18,19). The van der Waals surface area contributed by atoms with Crippen LogP contribution in [0.25, 0.3) is 10.9 Å². The van der Waals surface area contributed by atoms with Gasteiger partial charge in [-0.3, -0.25) is 4.79 Å². The van der Waals surface area contributed by atoms with Gasteiger partial charge >= 0.3 is 11.9 Å². The summed E-state index contributed by atoms with van der Waals surface area (Å²) in [4.78, 5) is 22.4. The summed E-state index contributed by atoms with van der Waals surface area (Å²) >= 11 is 0. The molecule has 0 aliphatic carbocycles.